The van der Waals surface area contributed by atoms with Crippen molar-refractivity contribution in [1.82, 2.24) is 0 Å². The summed E-state index contributed by atoms with van der Waals surface area (Å²) in [4.78, 5) is 0. The minimum atomic E-state index is -4.47. The van der Waals surface area contributed by atoms with Crippen molar-refractivity contribution in [3.63, 3.8) is 0 Å². The zero-order valence-electron chi connectivity index (χ0n) is 11.6. The zero-order chi connectivity index (χ0) is 15.6. The van der Waals surface area contributed by atoms with Crippen LogP contribution in [-0.2, 0) is 17.2 Å². The standard InChI is InChI=1S/C13H16F3NO2S/c1-12(2,3)20(18)17-8-9-5-10(13(14,15)16)7-11(6-9)19-4/h5-8H,1-4H3/b17-8+/t20-/m1/s1. The van der Waals surface area contributed by atoms with E-state index in [0.717, 1.165) is 12.1 Å². The summed E-state index contributed by atoms with van der Waals surface area (Å²) in [7, 11) is -0.245. The highest BCUT2D eigenvalue weighted by atomic mass is 32.2. The Kier molecular flexibility index (Phi) is 4.96. The van der Waals surface area contributed by atoms with Crippen LogP contribution in [0.5, 0.6) is 5.75 Å². The van der Waals surface area contributed by atoms with Crippen molar-refractivity contribution in [2.75, 3.05) is 7.11 Å². The predicted octanol–water partition coefficient (Wildman–Crippen LogP) is 3.60. The number of methoxy groups -OCH3 is 1. The molecule has 0 radical (unpaired) electrons. The number of benzene rings is 1. The molecule has 0 aliphatic rings. The molecular weight excluding hydrogens is 291 g/mol. The lowest BCUT2D eigenvalue weighted by molar-refractivity contribution is -0.137. The highest BCUT2D eigenvalue weighted by molar-refractivity contribution is 7.85. The minimum absolute atomic E-state index is 0.0721. The van der Waals surface area contributed by atoms with Gasteiger partial charge in [0.25, 0.3) is 0 Å². The average Bonchev–Trinajstić information content (AvgIpc) is 2.33. The summed E-state index contributed by atoms with van der Waals surface area (Å²) in [6.45, 7) is 5.19. The molecule has 0 aromatic heterocycles. The van der Waals surface area contributed by atoms with Gasteiger partial charge >= 0.3 is 6.18 Å². The lowest BCUT2D eigenvalue weighted by Crippen LogP contribution is -2.19. The van der Waals surface area contributed by atoms with E-state index < -0.39 is 27.5 Å². The normalized spacial score (nSPS) is 14.6. The summed E-state index contributed by atoms with van der Waals surface area (Å²) in [5.74, 6) is 0.0721. The van der Waals surface area contributed by atoms with Crippen LogP contribution in [0.15, 0.2) is 22.6 Å². The van der Waals surface area contributed by atoms with Gasteiger partial charge in [0.2, 0.25) is 0 Å². The molecule has 1 atom stereocenters. The van der Waals surface area contributed by atoms with Crippen LogP contribution < -0.4 is 4.74 Å². The van der Waals surface area contributed by atoms with Gasteiger partial charge < -0.3 is 4.74 Å². The summed E-state index contributed by atoms with van der Waals surface area (Å²) < 4.78 is 57.9. The van der Waals surface area contributed by atoms with Crippen LogP contribution in [-0.4, -0.2) is 22.3 Å². The molecule has 3 nitrogen and oxygen atoms in total. The number of hydrogen-bond donors (Lipinski definition) is 0. The molecule has 0 heterocycles. The van der Waals surface area contributed by atoms with Crippen molar-refractivity contribution >= 4 is 17.2 Å². The van der Waals surface area contributed by atoms with Crippen molar-refractivity contribution in [2.45, 2.75) is 31.7 Å². The molecule has 0 spiro atoms. The van der Waals surface area contributed by atoms with Crippen LogP contribution in [0.1, 0.15) is 31.9 Å². The number of alkyl halides is 3. The van der Waals surface area contributed by atoms with Crippen molar-refractivity contribution in [1.29, 1.82) is 0 Å². The Hall–Kier alpha value is -1.37. The third-order valence-corrected chi connectivity index (χ3v) is 3.66. The molecule has 0 saturated carbocycles. The Morgan fingerprint density at radius 2 is 1.80 bits per heavy atom. The Bertz CT molecular complexity index is 533. The van der Waals surface area contributed by atoms with E-state index in [1.807, 2.05) is 0 Å². The molecule has 1 aromatic rings. The topological polar surface area (TPSA) is 38.7 Å². The quantitative estimate of drug-likeness (QED) is 0.800. The Labute approximate surface area is 118 Å². The molecule has 1 aromatic carbocycles. The van der Waals surface area contributed by atoms with Crippen molar-refractivity contribution in [3.05, 3.63) is 29.3 Å². The van der Waals surface area contributed by atoms with Crippen LogP contribution in [0.25, 0.3) is 0 Å². The smallest absolute Gasteiger partial charge is 0.416 e. The third kappa shape index (κ3) is 4.63. The van der Waals surface area contributed by atoms with E-state index in [2.05, 4.69) is 4.40 Å². The molecule has 20 heavy (non-hydrogen) atoms. The zero-order valence-corrected chi connectivity index (χ0v) is 12.4. The van der Waals surface area contributed by atoms with E-state index in [-0.39, 0.29) is 11.3 Å². The highest BCUT2D eigenvalue weighted by Gasteiger charge is 2.31. The predicted molar refractivity (Wildman–Crippen MR) is 73.5 cm³/mol. The van der Waals surface area contributed by atoms with Crippen molar-refractivity contribution < 1.29 is 22.1 Å². The summed E-state index contributed by atoms with van der Waals surface area (Å²) in [5, 5.41) is 0. The largest absolute Gasteiger partial charge is 0.497 e. The Balaban J connectivity index is 3.13. The van der Waals surface area contributed by atoms with Gasteiger partial charge in [-0.05, 0) is 44.5 Å². The molecule has 0 fully saturated rings. The van der Waals surface area contributed by atoms with Crippen LogP contribution in [0.2, 0.25) is 0 Å². The maximum atomic E-state index is 12.7. The number of halogens is 3. The first-order chi connectivity index (χ1) is 9.04. The van der Waals surface area contributed by atoms with Gasteiger partial charge in [-0.15, -0.1) is 0 Å². The summed E-state index contributed by atoms with van der Waals surface area (Å²) >= 11 is 0. The molecule has 0 bridgehead atoms. The first-order valence-corrected chi connectivity index (χ1v) is 6.87. The molecule has 112 valence electrons. The fourth-order valence-corrected chi connectivity index (χ4v) is 1.78. The SMILES string of the molecule is COc1cc(/C=N/[S@](=O)C(C)(C)C)cc(C(F)(F)F)c1. The summed E-state index contributed by atoms with van der Waals surface area (Å²) in [6.07, 6.45) is -3.31. The Morgan fingerprint density at radius 3 is 2.25 bits per heavy atom. The average molecular weight is 307 g/mol. The molecule has 0 aliphatic heterocycles. The molecule has 0 aliphatic carbocycles. The molecule has 0 N–H and O–H groups in total. The van der Waals surface area contributed by atoms with Crippen LogP contribution in [0, 0.1) is 0 Å². The van der Waals surface area contributed by atoms with Crippen LogP contribution in [0.3, 0.4) is 0 Å². The fraction of sp³-hybridized carbons (Fsp3) is 0.462. The summed E-state index contributed by atoms with van der Waals surface area (Å²) in [6, 6.07) is 3.24. The summed E-state index contributed by atoms with van der Waals surface area (Å²) in [5.41, 5.74) is -0.644. The van der Waals surface area contributed by atoms with Gasteiger partial charge in [0.05, 0.1) is 17.4 Å². The molecule has 7 heteroatoms. The van der Waals surface area contributed by atoms with Crippen LogP contribution >= 0.6 is 0 Å². The second kappa shape index (κ2) is 5.95. The lowest BCUT2D eigenvalue weighted by atomic mass is 10.1. The van der Waals surface area contributed by atoms with Gasteiger partial charge in [-0.3, -0.25) is 0 Å². The first kappa shape index (κ1) is 16.7. The molecule has 0 saturated heterocycles. The van der Waals surface area contributed by atoms with Crippen molar-refractivity contribution in [3.8, 4) is 5.75 Å². The highest BCUT2D eigenvalue weighted by Crippen LogP contribution is 2.32. The third-order valence-electron chi connectivity index (χ3n) is 2.31. The van der Waals surface area contributed by atoms with Gasteiger partial charge in [0.15, 0.2) is 0 Å². The van der Waals surface area contributed by atoms with E-state index >= 15 is 0 Å². The fourth-order valence-electron chi connectivity index (χ4n) is 1.24. The van der Waals surface area contributed by atoms with Crippen molar-refractivity contribution in [2.24, 2.45) is 4.40 Å². The minimum Gasteiger partial charge on any atom is -0.497 e. The van der Waals surface area contributed by atoms with E-state index in [1.54, 1.807) is 20.8 Å². The van der Waals surface area contributed by atoms with Gasteiger partial charge in [0, 0.05) is 6.21 Å². The number of nitrogens with zero attached hydrogens (tertiary/aromatic N) is 1. The number of hydrogen-bond acceptors (Lipinski definition) is 2. The maximum absolute atomic E-state index is 12.7. The number of rotatable bonds is 3. The van der Waals surface area contributed by atoms with E-state index in [9.17, 15) is 17.4 Å². The van der Waals surface area contributed by atoms with Gasteiger partial charge in [-0.2, -0.15) is 17.6 Å². The lowest BCUT2D eigenvalue weighted by Gasteiger charge is -2.13. The van der Waals surface area contributed by atoms with E-state index in [0.29, 0.717) is 0 Å². The van der Waals surface area contributed by atoms with Gasteiger partial charge in [-0.1, -0.05) is 0 Å². The molecule has 0 amide bonds. The van der Waals surface area contributed by atoms with Crippen LogP contribution in [0.4, 0.5) is 13.2 Å². The van der Waals surface area contributed by atoms with Gasteiger partial charge in [-0.25, -0.2) is 4.21 Å². The second-order valence-electron chi connectivity index (χ2n) is 5.09. The maximum Gasteiger partial charge on any atom is 0.416 e. The van der Waals surface area contributed by atoms with E-state index in [4.69, 9.17) is 4.74 Å². The van der Waals surface area contributed by atoms with E-state index in [1.165, 1.54) is 19.4 Å². The first-order valence-electron chi connectivity index (χ1n) is 5.76. The Morgan fingerprint density at radius 1 is 1.20 bits per heavy atom. The molecule has 0 unspecified atom stereocenters. The van der Waals surface area contributed by atoms with Gasteiger partial charge in [0.1, 0.15) is 16.7 Å². The molecular formula is C13H16F3NO2S. The monoisotopic (exact) mass is 307 g/mol. The second-order valence-corrected chi connectivity index (χ2v) is 7.02. The molecule has 1 rings (SSSR count). The number of ether oxygens (including phenoxy) is 1.